The Morgan fingerprint density at radius 2 is 2.33 bits per heavy atom. The maximum Gasteiger partial charge on any atom is 0.0557 e. The lowest BCUT2D eigenvalue weighted by atomic mass is 10.3. The van der Waals surface area contributed by atoms with E-state index in [2.05, 4.69) is 6.92 Å². The monoisotopic (exact) mass is 145 g/mol. The van der Waals surface area contributed by atoms with Crippen LogP contribution in [-0.4, -0.2) is 0 Å². The van der Waals surface area contributed by atoms with Crippen molar-refractivity contribution in [2.45, 2.75) is 19.8 Å². The van der Waals surface area contributed by atoms with E-state index in [1.807, 2.05) is 12.2 Å². The van der Waals surface area contributed by atoms with E-state index >= 15 is 0 Å². The molecule has 0 aromatic heterocycles. The Morgan fingerprint density at radius 3 is 2.78 bits per heavy atom. The highest BCUT2D eigenvalue weighted by Crippen LogP contribution is 2.01. The van der Waals surface area contributed by atoms with Crippen LogP contribution >= 0.6 is 11.6 Å². The molecule has 0 saturated heterocycles. The quantitative estimate of drug-likeness (QED) is 0.607. The zero-order valence-corrected chi connectivity index (χ0v) is 6.36. The van der Waals surface area contributed by atoms with Crippen molar-refractivity contribution in [3.8, 4) is 0 Å². The van der Waals surface area contributed by atoms with E-state index < -0.39 is 0 Å². The van der Waals surface area contributed by atoms with Crippen LogP contribution < -0.4 is 5.73 Å². The molecule has 0 radical (unpaired) electrons. The zero-order valence-electron chi connectivity index (χ0n) is 5.60. The molecule has 2 N–H and O–H groups in total. The number of hydrogen-bond acceptors (Lipinski definition) is 1. The summed E-state index contributed by atoms with van der Waals surface area (Å²) in [7, 11) is 0. The normalized spacial score (nSPS) is 12.9. The van der Waals surface area contributed by atoms with Crippen molar-refractivity contribution in [2.75, 3.05) is 0 Å². The van der Waals surface area contributed by atoms with E-state index in [1.54, 1.807) is 0 Å². The van der Waals surface area contributed by atoms with Crippen molar-refractivity contribution >= 4 is 11.6 Å². The fraction of sp³-hybridized carbons (Fsp3) is 0.429. The van der Waals surface area contributed by atoms with Gasteiger partial charge in [-0.25, -0.2) is 0 Å². The first kappa shape index (κ1) is 8.57. The average molecular weight is 146 g/mol. The van der Waals surface area contributed by atoms with Crippen LogP contribution in [0.2, 0.25) is 0 Å². The molecule has 0 atom stereocenters. The molecule has 0 aliphatic heterocycles. The number of allylic oxidation sites excluding steroid dienone is 3. The minimum Gasteiger partial charge on any atom is -0.403 e. The van der Waals surface area contributed by atoms with Crippen molar-refractivity contribution in [2.24, 2.45) is 5.73 Å². The van der Waals surface area contributed by atoms with Gasteiger partial charge in [0, 0.05) is 6.20 Å². The van der Waals surface area contributed by atoms with E-state index in [1.165, 1.54) is 6.20 Å². The van der Waals surface area contributed by atoms with Crippen molar-refractivity contribution in [1.29, 1.82) is 0 Å². The maximum atomic E-state index is 5.55. The first-order valence-corrected chi connectivity index (χ1v) is 3.43. The van der Waals surface area contributed by atoms with Crippen LogP contribution in [0, 0.1) is 0 Å². The summed E-state index contributed by atoms with van der Waals surface area (Å²) in [6, 6.07) is 0. The molecule has 2 heteroatoms. The van der Waals surface area contributed by atoms with Gasteiger partial charge in [-0.1, -0.05) is 31.0 Å². The van der Waals surface area contributed by atoms with E-state index in [4.69, 9.17) is 17.3 Å². The zero-order chi connectivity index (χ0) is 7.11. The first-order chi connectivity index (χ1) is 4.31. The average Bonchev–Trinajstić information content (AvgIpc) is 1.89. The Labute approximate surface area is 61.2 Å². The van der Waals surface area contributed by atoms with Crippen molar-refractivity contribution in [3.63, 3.8) is 0 Å². The molecular weight excluding hydrogens is 134 g/mol. The fourth-order valence-electron chi connectivity index (χ4n) is 0.418. The van der Waals surface area contributed by atoms with E-state index in [0.29, 0.717) is 5.03 Å². The van der Waals surface area contributed by atoms with Crippen LogP contribution in [-0.2, 0) is 0 Å². The number of rotatable bonds is 3. The Kier molecular flexibility index (Phi) is 5.43. The highest BCUT2D eigenvalue weighted by molar-refractivity contribution is 6.31. The minimum atomic E-state index is 0.600. The summed E-state index contributed by atoms with van der Waals surface area (Å²) in [6.07, 6.45) is 7.40. The molecule has 0 aliphatic carbocycles. The third-order valence-electron chi connectivity index (χ3n) is 0.892. The second kappa shape index (κ2) is 5.70. The van der Waals surface area contributed by atoms with Gasteiger partial charge in [-0.05, 0) is 12.5 Å². The Balaban J connectivity index is 3.45. The van der Waals surface area contributed by atoms with Crippen molar-refractivity contribution in [3.05, 3.63) is 23.4 Å². The third kappa shape index (κ3) is 5.44. The summed E-state index contributed by atoms with van der Waals surface area (Å²) in [5, 5.41) is 0.600. The highest BCUT2D eigenvalue weighted by atomic mass is 35.5. The van der Waals surface area contributed by atoms with Gasteiger partial charge >= 0.3 is 0 Å². The topological polar surface area (TPSA) is 26.0 Å². The van der Waals surface area contributed by atoms with Crippen LogP contribution in [0.25, 0.3) is 0 Å². The summed E-state index contributed by atoms with van der Waals surface area (Å²) in [6.45, 7) is 2.12. The smallest absolute Gasteiger partial charge is 0.0557 e. The molecule has 0 fully saturated rings. The molecule has 0 aromatic carbocycles. The van der Waals surface area contributed by atoms with Crippen LogP contribution in [0.4, 0.5) is 0 Å². The molecule has 1 nitrogen and oxygen atoms in total. The third-order valence-corrected chi connectivity index (χ3v) is 1.14. The molecule has 0 aliphatic rings. The van der Waals surface area contributed by atoms with Gasteiger partial charge in [0.2, 0.25) is 0 Å². The van der Waals surface area contributed by atoms with E-state index in [9.17, 15) is 0 Å². The molecule has 0 amide bonds. The first-order valence-electron chi connectivity index (χ1n) is 3.05. The van der Waals surface area contributed by atoms with Crippen LogP contribution in [0.1, 0.15) is 19.8 Å². The molecule has 0 unspecified atom stereocenters. The van der Waals surface area contributed by atoms with Crippen LogP contribution in [0.15, 0.2) is 23.4 Å². The largest absolute Gasteiger partial charge is 0.403 e. The molecule has 0 spiro atoms. The predicted octanol–water partition coefficient (Wildman–Crippen LogP) is 2.38. The van der Waals surface area contributed by atoms with Gasteiger partial charge in [0.25, 0.3) is 0 Å². The summed E-state index contributed by atoms with van der Waals surface area (Å²) in [4.78, 5) is 0. The van der Waals surface area contributed by atoms with Gasteiger partial charge in [0.05, 0.1) is 5.03 Å². The molecule has 0 aromatic rings. The number of halogens is 1. The standard InChI is InChI=1S/C7H12ClN/c1-2-3-4-5-7(8)6-9/h4-6H,2-3,9H2,1H3/b5-4?,7-6+. The fourth-order valence-corrected chi connectivity index (χ4v) is 0.507. The van der Waals surface area contributed by atoms with Gasteiger partial charge in [-0.3, -0.25) is 0 Å². The molecule has 52 valence electrons. The van der Waals surface area contributed by atoms with Crippen molar-refractivity contribution < 1.29 is 0 Å². The predicted molar refractivity (Wildman–Crippen MR) is 42.2 cm³/mol. The second-order valence-corrected chi connectivity index (χ2v) is 2.18. The van der Waals surface area contributed by atoms with Crippen molar-refractivity contribution in [1.82, 2.24) is 0 Å². The summed E-state index contributed by atoms with van der Waals surface area (Å²) < 4.78 is 0. The second-order valence-electron chi connectivity index (χ2n) is 1.74. The van der Waals surface area contributed by atoms with Gasteiger partial charge in [-0.2, -0.15) is 0 Å². The van der Waals surface area contributed by atoms with E-state index in [-0.39, 0.29) is 0 Å². The Bertz CT molecular complexity index is 116. The molecule has 0 rings (SSSR count). The van der Waals surface area contributed by atoms with Gasteiger partial charge < -0.3 is 5.73 Å². The maximum absolute atomic E-state index is 5.55. The molecule has 0 saturated carbocycles. The summed E-state index contributed by atoms with van der Waals surface area (Å²) in [5.74, 6) is 0. The van der Waals surface area contributed by atoms with Gasteiger partial charge in [0.1, 0.15) is 0 Å². The lowest BCUT2D eigenvalue weighted by molar-refractivity contribution is 0.958. The highest BCUT2D eigenvalue weighted by Gasteiger charge is 1.78. The lowest BCUT2D eigenvalue weighted by Crippen LogP contribution is -1.77. The summed E-state index contributed by atoms with van der Waals surface area (Å²) >= 11 is 5.55. The van der Waals surface area contributed by atoms with Gasteiger partial charge in [-0.15, -0.1) is 0 Å². The molecule has 0 heterocycles. The lowest BCUT2D eigenvalue weighted by Gasteiger charge is -1.84. The number of hydrogen-bond donors (Lipinski definition) is 1. The number of nitrogens with two attached hydrogens (primary N) is 1. The number of unbranched alkanes of at least 4 members (excludes halogenated alkanes) is 1. The minimum absolute atomic E-state index is 0.600. The Morgan fingerprint density at radius 1 is 1.67 bits per heavy atom. The molecule has 9 heavy (non-hydrogen) atoms. The van der Waals surface area contributed by atoms with Gasteiger partial charge in [0.15, 0.2) is 0 Å². The molecular formula is C7H12ClN. The Hall–Kier alpha value is -0.430. The molecule has 0 bridgehead atoms. The van der Waals surface area contributed by atoms with Crippen LogP contribution in [0.3, 0.4) is 0 Å². The van der Waals surface area contributed by atoms with Crippen LogP contribution in [0.5, 0.6) is 0 Å². The summed E-state index contributed by atoms with van der Waals surface area (Å²) in [5.41, 5.74) is 5.11. The SMILES string of the molecule is CCCC=C/C(Cl)=C\N. The van der Waals surface area contributed by atoms with E-state index in [0.717, 1.165) is 12.8 Å².